The molecule has 3 atom stereocenters. The Kier molecular flexibility index (Phi) is 7.19. The summed E-state index contributed by atoms with van der Waals surface area (Å²) in [6.07, 6.45) is -0.197. The standard InChI is InChI=1S/C22H29N3O5S/c1-15-13-25(16(2)14-26)22(27)19-11-17(9-10-20(19)30-21(15)12-23-3)24-31(28,29)18-7-5-4-6-8-18/h4-11,15-16,21,23-24,26H,12-14H2,1-3H3/t15-,16-,21+/m1/s1. The Morgan fingerprint density at radius 1 is 1.23 bits per heavy atom. The van der Waals surface area contributed by atoms with E-state index in [0.29, 0.717) is 18.8 Å². The summed E-state index contributed by atoms with van der Waals surface area (Å²) < 4.78 is 34.1. The van der Waals surface area contributed by atoms with Gasteiger partial charge in [0.2, 0.25) is 0 Å². The van der Waals surface area contributed by atoms with Crippen LogP contribution in [0.4, 0.5) is 5.69 Å². The Hall–Kier alpha value is -2.62. The molecule has 0 aromatic heterocycles. The van der Waals surface area contributed by atoms with Crippen molar-refractivity contribution in [2.24, 2.45) is 5.92 Å². The lowest BCUT2D eigenvalue weighted by atomic mass is 9.99. The molecule has 0 spiro atoms. The Morgan fingerprint density at radius 2 is 1.94 bits per heavy atom. The monoisotopic (exact) mass is 447 g/mol. The maximum atomic E-state index is 13.3. The molecule has 168 valence electrons. The van der Waals surface area contributed by atoms with E-state index in [1.807, 2.05) is 14.0 Å². The molecule has 1 aliphatic heterocycles. The zero-order chi connectivity index (χ0) is 22.6. The number of ether oxygens (including phenoxy) is 1. The maximum absolute atomic E-state index is 13.3. The van der Waals surface area contributed by atoms with Gasteiger partial charge in [-0.15, -0.1) is 0 Å². The van der Waals surface area contributed by atoms with Crippen molar-refractivity contribution < 1.29 is 23.1 Å². The zero-order valence-electron chi connectivity index (χ0n) is 17.9. The zero-order valence-corrected chi connectivity index (χ0v) is 18.7. The smallest absolute Gasteiger partial charge is 0.261 e. The lowest BCUT2D eigenvalue weighted by molar-refractivity contribution is 0.0416. The molecule has 0 radical (unpaired) electrons. The second-order valence-electron chi connectivity index (χ2n) is 7.81. The van der Waals surface area contributed by atoms with Crippen molar-refractivity contribution in [3.63, 3.8) is 0 Å². The maximum Gasteiger partial charge on any atom is 0.261 e. The molecule has 0 unspecified atom stereocenters. The molecule has 9 heteroatoms. The molecule has 3 rings (SSSR count). The molecule has 1 aliphatic rings. The molecule has 0 fully saturated rings. The van der Waals surface area contributed by atoms with Crippen molar-refractivity contribution in [2.75, 3.05) is 31.5 Å². The van der Waals surface area contributed by atoms with Gasteiger partial charge in [-0.2, -0.15) is 0 Å². The van der Waals surface area contributed by atoms with Crippen LogP contribution in [0, 0.1) is 5.92 Å². The first kappa shape index (κ1) is 23.1. The summed E-state index contributed by atoms with van der Waals surface area (Å²) in [6, 6.07) is 12.3. The van der Waals surface area contributed by atoms with Crippen LogP contribution >= 0.6 is 0 Å². The summed E-state index contributed by atoms with van der Waals surface area (Å²) in [5.74, 6) is 0.0940. The molecular formula is C22H29N3O5S. The average molecular weight is 448 g/mol. The fraction of sp³-hybridized carbons (Fsp3) is 0.409. The fourth-order valence-corrected chi connectivity index (χ4v) is 4.62. The third-order valence-electron chi connectivity index (χ3n) is 5.38. The van der Waals surface area contributed by atoms with Crippen LogP contribution in [0.2, 0.25) is 0 Å². The van der Waals surface area contributed by atoms with Crippen molar-refractivity contribution >= 4 is 21.6 Å². The van der Waals surface area contributed by atoms with E-state index >= 15 is 0 Å². The summed E-state index contributed by atoms with van der Waals surface area (Å²) in [4.78, 5) is 15.1. The van der Waals surface area contributed by atoms with E-state index in [4.69, 9.17) is 4.74 Å². The van der Waals surface area contributed by atoms with E-state index in [9.17, 15) is 18.3 Å². The Morgan fingerprint density at radius 3 is 2.58 bits per heavy atom. The van der Waals surface area contributed by atoms with Crippen molar-refractivity contribution in [3.8, 4) is 5.75 Å². The minimum absolute atomic E-state index is 0.0230. The Labute approximate surface area is 183 Å². The highest BCUT2D eigenvalue weighted by Crippen LogP contribution is 2.31. The molecule has 0 aliphatic carbocycles. The van der Waals surface area contributed by atoms with E-state index in [2.05, 4.69) is 10.0 Å². The van der Waals surface area contributed by atoms with Crippen molar-refractivity contribution in [3.05, 3.63) is 54.1 Å². The van der Waals surface area contributed by atoms with Crippen LogP contribution in [-0.2, 0) is 10.0 Å². The van der Waals surface area contributed by atoms with Gasteiger partial charge in [0, 0.05) is 24.7 Å². The van der Waals surface area contributed by atoms with Gasteiger partial charge < -0.3 is 20.1 Å². The lowest BCUT2D eigenvalue weighted by Gasteiger charge is -2.37. The van der Waals surface area contributed by atoms with Crippen molar-refractivity contribution in [1.29, 1.82) is 0 Å². The predicted octanol–water partition coefficient (Wildman–Crippen LogP) is 1.93. The minimum atomic E-state index is -3.80. The van der Waals surface area contributed by atoms with Gasteiger partial charge in [-0.3, -0.25) is 9.52 Å². The van der Waals surface area contributed by atoms with E-state index < -0.39 is 10.0 Å². The van der Waals surface area contributed by atoms with E-state index in [1.54, 1.807) is 42.2 Å². The second-order valence-corrected chi connectivity index (χ2v) is 9.49. The number of hydrogen-bond donors (Lipinski definition) is 3. The Bertz CT molecular complexity index is 1010. The van der Waals surface area contributed by atoms with Gasteiger partial charge in [-0.1, -0.05) is 25.1 Å². The molecule has 2 aromatic rings. The number of nitrogens with zero attached hydrogens (tertiary/aromatic N) is 1. The molecule has 0 bridgehead atoms. The molecule has 2 aromatic carbocycles. The predicted molar refractivity (Wildman–Crippen MR) is 119 cm³/mol. The van der Waals surface area contributed by atoms with Crippen LogP contribution < -0.4 is 14.8 Å². The number of nitrogens with one attached hydrogen (secondary N) is 2. The largest absolute Gasteiger partial charge is 0.488 e. The van der Waals surface area contributed by atoms with E-state index in [-0.39, 0.29) is 46.7 Å². The Balaban J connectivity index is 2.00. The molecular weight excluding hydrogens is 418 g/mol. The third-order valence-corrected chi connectivity index (χ3v) is 6.77. The van der Waals surface area contributed by atoms with Gasteiger partial charge in [-0.05, 0) is 44.3 Å². The first-order valence-electron chi connectivity index (χ1n) is 10.2. The van der Waals surface area contributed by atoms with E-state index in [1.165, 1.54) is 18.2 Å². The highest BCUT2D eigenvalue weighted by atomic mass is 32.2. The molecule has 8 nitrogen and oxygen atoms in total. The minimum Gasteiger partial charge on any atom is -0.488 e. The lowest BCUT2D eigenvalue weighted by Crippen LogP contribution is -2.49. The number of hydrogen-bond acceptors (Lipinski definition) is 6. The number of likely N-dealkylation sites (N-methyl/N-ethyl adjacent to an activating group) is 1. The third kappa shape index (κ3) is 5.17. The molecule has 0 saturated carbocycles. The van der Waals surface area contributed by atoms with Crippen LogP contribution in [-0.4, -0.2) is 63.2 Å². The molecule has 1 amide bonds. The number of carbonyl (C=O) groups is 1. The number of aliphatic hydroxyl groups excluding tert-OH is 1. The van der Waals surface area contributed by atoms with Crippen molar-refractivity contribution in [1.82, 2.24) is 10.2 Å². The van der Waals surface area contributed by atoms with Crippen LogP contribution in [0.25, 0.3) is 0 Å². The number of amides is 1. The number of sulfonamides is 1. The second kappa shape index (κ2) is 9.67. The number of carbonyl (C=O) groups excluding carboxylic acids is 1. The summed E-state index contributed by atoms with van der Waals surface area (Å²) in [6.45, 7) is 4.60. The van der Waals surface area contributed by atoms with Gasteiger partial charge in [0.1, 0.15) is 11.9 Å². The quantitative estimate of drug-likeness (QED) is 0.599. The van der Waals surface area contributed by atoms with Gasteiger partial charge >= 0.3 is 0 Å². The van der Waals surface area contributed by atoms with Crippen molar-refractivity contribution in [2.45, 2.75) is 30.9 Å². The first-order chi connectivity index (χ1) is 14.8. The summed E-state index contributed by atoms with van der Waals surface area (Å²) in [5.41, 5.74) is 0.511. The normalized spacial score (nSPS) is 20.3. The number of benzene rings is 2. The highest BCUT2D eigenvalue weighted by molar-refractivity contribution is 7.92. The molecule has 0 saturated heterocycles. The first-order valence-corrected chi connectivity index (χ1v) is 11.7. The summed E-state index contributed by atoms with van der Waals surface area (Å²) in [7, 11) is -1.97. The summed E-state index contributed by atoms with van der Waals surface area (Å²) >= 11 is 0. The van der Waals surface area contributed by atoms with Gasteiger partial charge in [0.25, 0.3) is 15.9 Å². The number of anilines is 1. The number of aliphatic hydroxyl groups is 1. The highest BCUT2D eigenvalue weighted by Gasteiger charge is 2.33. The van der Waals surface area contributed by atoms with Crippen LogP contribution in [0.3, 0.4) is 0 Å². The fourth-order valence-electron chi connectivity index (χ4n) is 3.54. The molecule has 1 heterocycles. The van der Waals surface area contributed by atoms with Crippen LogP contribution in [0.15, 0.2) is 53.4 Å². The number of rotatable bonds is 7. The van der Waals surface area contributed by atoms with Gasteiger partial charge in [0.05, 0.1) is 23.1 Å². The van der Waals surface area contributed by atoms with Gasteiger partial charge in [0.15, 0.2) is 0 Å². The summed E-state index contributed by atoms with van der Waals surface area (Å²) in [5, 5.41) is 12.8. The topological polar surface area (TPSA) is 108 Å². The molecule has 31 heavy (non-hydrogen) atoms. The SMILES string of the molecule is CNC[C@@H]1Oc2ccc(NS(=O)(=O)c3ccccc3)cc2C(=O)N([C@H](C)CO)C[C@H]1C. The molecule has 3 N–H and O–H groups in total. The average Bonchev–Trinajstić information content (AvgIpc) is 2.76. The van der Waals surface area contributed by atoms with Crippen LogP contribution in [0.5, 0.6) is 5.75 Å². The van der Waals surface area contributed by atoms with Crippen LogP contribution in [0.1, 0.15) is 24.2 Å². The van der Waals surface area contributed by atoms with Gasteiger partial charge in [-0.25, -0.2) is 8.42 Å². The van der Waals surface area contributed by atoms with E-state index in [0.717, 1.165) is 0 Å². The number of fused-ring (bicyclic) bond motifs is 1.